The molecule has 0 N–H and O–H groups in total. The van der Waals surface area contributed by atoms with Crippen LogP contribution in [0.1, 0.15) is 12.5 Å². The summed E-state index contributed by atoms with van der Waals surface area (Å²) in [4.78, 5) is 23.3. The summed E-state index contributed by atoms with van der Waals surface area (Å²) in [5.74, 6) is -2.04. The minimum absolute atomic E-state index is 0.241. The molecular formula is C13H15BrO4. The molecule has 0 radical (unpaired) electrons. The molecule has 0 spiro atoms. The lowest BCUT2D eigenvalue weighted by molar-refractivity contribution is -0.160. The van der Waals surface area contributed by atoms with Gasteiger partial charge in [-0.1, -0.05) is 28.1 Å². The molecule has 0 saturated carbocycles. The molecule has 1 aromatic rings. The number of benzene rings is 1. The van der Waals surface area contributed by atoms with Gasteiger partial charge in [0.25, 0.3) is 0 Å². The first-order chi connectivity index (χ1) is 8.58. The van der Waals surface area contributed by atoms with Gasteiger partial charge in [-0.2, -0.15) is 0 Å². The van der Waals surface area contributed by atoms with E-state index >= 15 is 0 Å². The summed E-state index contributed by atoms with van der Waals surface area (Å²) in [5.41, 5.74) is 0.868. The summed E-state index contributed by atoms with van der Waals surface area (Å²) in [6.45, 7) is 1.94. The van der Waals surface area contributed by atoms with Gasteiger partial charge in [-0.25, -0.2) is 0 Å². The Balaban J connectivity index is 2.84. The quantitative estimate of drug-likeness (QED) is 0.618. The van der Waals surface area contributed by atoms with E-state index in [0.717, 1.165) is 10.0 Å². The van der Waals surface area contributed by atoms with Gasteiger partial charge in [0.2, 0.25) is 0 Å². The van der Waals surface area contributed by atoms with E-state index in [9.17, 15) is 9.59 Å². The largest absolute Gasteiger partial charge is 0.468 e. The molecule has 0 fully saturated rings. The van der Waals surface area contributed by atoms with Crippen molar-refractivity contribution in [1.82, 2.24) is 0 Å². The van der Waals surface area contributed by atoms with Crippen molar-refractivity contribution in [2.24, 2.45) is 5.92 Å². The zero-order valence-electron chi connectivity index (χ0n) is 10.3. The molecule has 1 aromatic carbocycles. The molecule has 1 atom stereocenters. The van der Waals surface area contributed by atoms with Crippen LogP contribution in [0.4, 0.5) is 0 Å². The molecular weight excluding hydrogens is 300 g/mol. The van der Waals surface area contributed by atoms with Crippen LogP contribution in [0.3, 0.4) is 0 Å². The van der Waals surface area contributed by atoms with Crippen LogP contribution in [-0.2, 0) is 25.5 Å². The normalized spacial score (nSPS) is 11.7. The monoisotopic (exact) mass is 314 g/mol. The molecule has 1 rings (SSSR count). The Hall–Kier alpha value is -1.36. The lowest BCUT2D eigenvalue weighted by atomic mass is 9.99. The van der Waals surface area contributed by atoms with Crippen LogP contribution in [-0.4, -0.2) is 25.7 Å². The maximum absolute atomic E-state index is 11.7. The van der Waals surface area contributed by atoms with Crippen LogP contribution >= 0.6 is 15.9 Å². The van der Waals surface area contributed by atoms with Gasteiger partial charge < -0.3 is 9.47 Å². The van der Waals surface area contributed by atoms with E-state index in [2.05, 4.69) is 20.7 Å². The summed E-state index contributed by atoms with van der Waals surface area (Å²) in [6, 6.07) is 7.43. The number of hydrogen-bond acceptors (Lipinski definition) is 4. The summed E-state index contributed by atoms with van der Waals surface area (Å²) in [5, 5.41) is 0. The summed E-state index contributed by atoms with van der Waals surface area (Å²) >= 11 is 3.34. The molecule has 0 aliphatic heterocycles. The molecule has 4 nitrogen and oxygen atoms in total. The third kappa shape index (κ3) is 4.14. The second-order valence-electron chi connectivity index (χ2n) is 3.66. The van der Waals surface area contributed by atoms with Crippen LogP contribution in [0.2, 0.25) is 0 Å². The van der Waals surface area contributed by atoms with Crippen LogP contribution < -0.4 is 0 Å². The minimum Gasteiger partial charge on any atom is -0.468 e. The Labute approximate surface area is 114 Å². The Morgan fingerprint density at radius 2 is 2.06 bits per heavy atom. The van der Waals surface area contributed by atoms with Gasteiger partial charge in [0, 0.05) is 4.47 Å². The number of halogens is 1. The first kappa shape index (κ1) is 14.7. The third-order valence-electron chi connectivity index (χ3n) is 2.39. The number of hydrogen-bond donors (Lipinski definition) is 0. The lowest BCUT2D eigenvalue weighted by Crippen LogP contribution is -2.29. The number of rotatable bonds is 5. The van der Waals surface area contributed by atoms with Crippen molar-refractivity contribution in [3.63, 3.8) is 0 Å². The highest BCUT2D eigenvalue weighted by Crippen LogP contribution is 2.17. The molecule has 0 aliphatic rings. The molecule has 98 valence electrons. The van der Waals surface area contributed by atoms with Crippen molar-refractivity contribution < 1.29 is 19.1 Å². The molecule has 0 amide bonds. The predicted octanol–water partition coefficient (Wildman–Crippen LogP) is 2.34. The van der Waals surface area contributed by atoms with E-state index in [1.807, 2.05) is 24.3 Å². The van der Waals surface area contributed by atoms with Crippen molar-refractivity contribution in [1.29, 1.82) is 0 Å². The number of carbonyl (C=O) groups excluding carboxylic acids is 2. The fourth-order valence-electron chi connectivity index (χ4n) is 1.55. The van der Waals surface area contributed by atoms with Gasteiger partial charge in [0.05, 0.1) is 13.7 Å². The van der Waals surface area contributed by atoms with Crippen molar-refractivity contribution >= 4 is 27.9 Å². The highest BCUT2D eigenvalue weighted by molar-refractivity contribution is 9.10. The maximum atomic E-state index is 11.7. The average Bonchev–Trinajstić information content (AvgIpc) is 2.35. The summed E-state index contributed by atoms with van der Waals surface area (Å²) in [6.07, 6.45) is 0.269. The molecule has 0 saturated heterocycles. The zero-order chi connectivity index (χ0) is 13.5. The van der Waals surface area contributed by atoms with Gasteiger partial charge in [-0.3, -0.25) is 9.59 Å². The number of carbonyl (C=O) groups is 2. The van der Waals surface area contributed by atoms with Crippen molar-refractivity contribution in [2.75, 3.05) is 13.7 Å². The molecule has 18 heavy (non-hydrogen) atoms. The van der Waals surface area contributed by atoms with Gasteiger partial charge in [0.15, 0.2) is 5.92 Å². The molecule has 0 aromatic heterocycles. The van der Waals surface area contributed by atoms with Crippen LogP contribution in [0.5, 0.6) is 0 Å². The molecule has 1 unspecified atom stereocenters. The van der Waals surface area contributed by atoms with E-state index in [4.69, 9.17) is 4.74 Å². The zero-order valence-corrected chi connectivity index (χ0v) is 11.9. The van der Waals surface area contributed by atoms with Crippen molar-refractivity contribution in [3.05, 3.63) is 34.3 Å². The highest BCUT2D eigenvalue weighted by atomic mass is 79.9. The van der Waals surface area contributed by atoms with Gasteiger partial charge in [0.1, 0.15) is 0 Å². The third-order valence-corrected chi connectivity index (χ3v) is 2.88. The fourth-order valence-corrected chi connectivity index (χ4v) is 1.99. The van der Waals surface area contributed by atoms with E-state index < -0.39 is 17.9 Å². The van der Waals surface area contributed by atoms with E-state index in [1.165, 1.54) is 7.11 Å². The van der Waals surface area contributed by atoms with Crippen molar-refractivity contribution in [2.45, 2.75) is 13.3 Å². The lowest BCUT2D eigenvalue weighted by Gasteiger charge is -2.13. The Morgan fingerprint density at radius 3 is 2.61 bits per heavy atom. The minimum atomic E-state index is -0.913. The molecule has 0 aliphatic carbocycles. The summed E-state index contributed by atoms with van der Waals surface area (Å²) < 4.78 is 10.4. The highest BCUT2D eigenvalue weighted by Gasteiger charge is 2.29. The van der Waals surface area contributed by atoms with Gasteiger partial charge in [-0.15, -0.1) is 0 Å². The van der Waals surface area contributed by atoms with E-state index in [-0.39, 0.29) is 13.0 Å². The van der Waals surface area contributed by atoms with E-state index in [1.54, 1.807) is 6.92 Å². The number of esters is 2. The SMILES string of the molecule is CCOC(=O)C(Cc1cccc(Br)c1)C(=O)OC. The molecule has 0 bridgehead atoms. The Bertz CT molecular complexity index is 431. The smallest absolute Gasteiger partial charge is 0.320 e. The Kier molecular flexibility index (Phi) is 5.85. The second kappa shape index (κ2) is 7.16. The first-order valence-electron chi connectivity index (χ1n) is 5.57. The predicted molar refractivity (Wildman–Crippen MR) is 70.0 cm³/mol. The van der Waals surface area contributed by atoms with Gasteiger partial charge >= 0.3 is 11.9 Å². The Morgan fingerprint density at radius 1 is 1.33 bits per heavy atom. The van der Waals surface area contributed by atoms with Crippen LogP contribution in [0, 0.1) is 5.92 Å². The summed E-state index contributed by atoms with van der Waals surface area (Å²) in [7, 11) is 1.26. The van der Waals surface area contributed by atoms with Crippen molar-refractivity contribution in [3.8, 4) is 0 Å². The standard InChI is InChI=1S/C13H15BrO4/c1-3-18-13(16)11(12(15)17-2)8-9-5-4-6-10(14)7-9/h4-7,11H,3,8H2,1-2H3. The second-order valence-corrected chi connectivity index (χ2v) is 4.58. The fraction of sp³-hybridized carbons (Fsp3) is 0.385. The average molecular weight is 315 g/mol. The molecule has 5 heteroatoms. The maximum Gasteiger partial charge on any atom is 0.320 e. The van der Waals surface area contributed by atoms with Crippen LogP contribution in [0.15, 0.2) is 28.7 Å². The van der Waals surface area contributed by atoms with E-state index in [0.29, 0.717) is 0 Å². The first-order valence-corrected chi connectivity index (χ1v) is 6.36. The van der Waals surface area contributed by atoms with Gasteiger partial charge in [-0.05, 0) is 31.0 Å². The topological polar surface area (TPSA) is 52.6 Å². The number of ether oxygens (including phenoxy) is 2. The van der Waals surface area contributed by atoms with Crippen LogP contribution in [0.25, 0.3) is 0 Å². The number of methoxy groups -OCH3 is 1. The molecule has 0 heterocycles.